The van der Waals surface area contributed by atoms with Crippen molar-refractivity contribution in [1.29, 1.82) is 0 Å². The minimum Gasteiger partial charge on any atom is -0.497 e. The summed E-state index contributed by atoms with van der Waals surface area (Å²) in [7, 11) is 1.63. The SMILES string of the molecule is COc1ccc(C(=O)C2CC3COCC(C2)N3)cc1. The summed E-state index contributed by atoms with van der Waals surface area (Å²) in [5.41, 5.74) is 0.784. The van der Waals surface area contributed by atoms with Crippen LogP contribution >= 0.6 is 0 Å². The van der Waals surface area contributed by atoms with E-state index in [0.29, 0.717) is 12.1 Å². The molecule has 2 saturated heterocycles. The van der Waals surface area contributed by atoms with Gasteiger partial charge in [-0.1, -0.05) is 0 Å². The lowest BCUT2D eigenvalue weighted by Crippen LogP contribution is -2.55. The van der Waals surface area contributed by atoms with Crippen LogP contribution in [0.15, 0.2) is 24.3 Å². The van der Waals surface area contributed by atoms with Crippen LogP contribution in [0.3, 0.4) is 0 Å². The number of hydrogen-bond acceptors (Lipinski definition) is 4. The average Bonchev–Trinajstić information content (AvgIpc) is 2.46. The summed E-state index contributed by atoms with van der Waals surface area (Å²) in [5, 5.41) is 3.51. The number of Topliss-reactive ketones (excluding diaryl/α,β-unsaturated/α-hetero) is 1. The smallest absolute Gasteiger partial charge is 0.166 e. The second-order valence-corrected chi connectivity index (χ2v) is 5.36. The van der Waals surface area contributed by atoms with Gasteiger partial charge in [-0.3, -0.25) is 4.79 Å². The minimum atomic E-state index is 0.119. The number of rotatable bonds is 3. The molecule has 102 valence electrons. The van der Waals surface area contributed by atoms with E-state index in [0.717, 1.165) is 37.4 Å². The first-order valence-electron chi connectivity index (χ1n) is 6.78. The van der Waals surface area contributed by atoms with Gasteiger partial charge in [0, 0.05) is 23.6 Å². The minimum absolute atomic E-state index is 0.119. The maximum Gasteiger partial charge on any atom is 0.166 e. The Labute approximate surface area is 113 Å². The molecule has 0 aliphatic carbocycles. The summed E-state index contributed by atoms with van der Waals surface area (Å²) in [6.07, 6.45) is 1.75. The molecule has 4 nitrogen and oxygen atoms in total. The Kier molecular flexibility index (Phi) is 3.53. The van der Waals surface area contributed by atoms with E-state index in [4.69, 9.17) is 9.47 Å². The molecule has 1 N–H and O–H groups in total. The van der Waals surface area contributed by atoms with Crippen LogP contribution in [0.5, 0.6) is 5.75 Å². The fourth-order valence-corrected chi connectivity index (χ4v) is 3.04. The van der Waals surface area contributed by atoms with Crippen molar-refractivity contribution in [3.63, 3.8) is 0 Å². The summed E-state index contributed by atoms with van der Waals surface area (Å²) in [6, 6.07) is 8.07. The molecule has 1 aromatic rings. The normalized spacial score (nSPS) is 29.8. The second-order valence-electron chi connectivity index (χ2n) is 5.36. The molecule has 19 heavy (non-hydrogen) atoms. The molecular weight excluding hydrogens is 242 g/mol. The topological polar surface area (TPSA) is 47.6 Å². The Hall–Kier alpha value is -1.39. The zero-order valence-electron chi connectivity index (χ0n) is 11.1. The molecule has 1 aromatic carbocycles. The van der Waals surface area contributed by atoms with Gasteiger partial charge >= 0.3 is 0 Å². The lowest BCUT2D eigenvalue weighted by atomic mass is 9.82. The second kappa shape index (κ2) is 5.31. The number of morpholine rings is 1. The summed E-state index contributed by atoms with van der Waals surface area (Å²) < 4.78 is 10.6. The highest BCUT2D eigenvalue weighted by atomic mass is 16.5. The molecule has 2 heterocycles. The third kappa shape index (κ3) is 2.65. The first-order valence-corrected chi connectivity index (χ1v) is 6.78. The van der Waals surface area contributed by atoms with Gasteiger partial charge in [0.2, 0.25) is 0 Å². The molecule has 0 radical (unpaired) electrons. The van der Waals surface area contributed by atoms with Crippen LogP contribution in [-0.4, -0.2) is 38.2 Å². The number of hydrogen-bond donors (Lipinski definition) is 1. The Morgan fingerprint density at radius 1 is 1.21 bits per heavy atom. The number of carbonyl (C=O) groups excluding carboxylic acids is 1. The van der Waals surface area contributed by atoms with E-state index in [1.165, 1.54) is 0 Å². The number of ether oxygens (including phenoxy) is 2. The van der Waals surface area contributed by atoms with Gasteiger partial charge in [-0.2, -0.15) is 0 Å². The fourth-order valence-electron chi connectivity index (χ4n) is 3.04. The van der Waals surface area contributed by atoms with Crippen LogP contribution in [0.4, 0.5) is 0 Å². The maximum atomic E-state index is 12.5. The number of methoxy groups -OCH3 is 1. The molecule has 2 unspecified atom stereocenters. The van der Waals surface area contributed by atoms with Gasteiger partial charge in [-0.05, 0) is 37.1 Å². The van der Waals surface area contributed by atoms with E-state index in [1.54, 1.807) is 7.11 Å². The molecule has 0 amide bonds. The van der Waals surface area contributed by atoms with Crippen LogP contribution in [0.1, 0.15) is 23.2 Å². The quantitative estimate of drug-likeness (QED) is 0.840. The molecule has 2 atom stereocenters. The number of ketones is 1. The summed E-state index contributed by atoms with van der Waals surface area (Å²) >= 11 is 0. The number of fused-ring (bicyclic) bond motifs is 2. The maximum absolute atomic E-state index is 12.5. The molecule has 0 aromatic heterocycles. The molecule has 0 saturated carbocycles. The first-order chi connectivity index (χ1) is 9.26. The van der Waals surface area contributed by atoms with Gasteiger partial charge < -0.3 is 14.8 Å². The molecular formula is C15H19NO3. The summed E-state index contributed by atoms with van der Waals surface area (Å²) in [5.74, 6) is 1.15. The largest absolute Gasteiger partial charge is 0.497 e. The number of benzene rings is 1. The van der Waals surface area contributed by atoms with Crippen molar-refractivity contribution in [3.05, 3.63) is 29.8 Å². The van der Waals surface area contributed by atoms with Crippen molar-refractivity contribution in [2.45, 2.75) is 24.9 Å². The standard InChI is InChI=1S/C15H19NO3/c1-18-14-4-2-10(3-5-14)15(17)11-6-12-8-19-9-13(7-11)16-12/h2-5,11-13,16H,6-9H2,1H3. The van der Waals surface area contributed by atoms with Crippen LogP contribution < -0.4 is 10.1 Å². The van der Waals surface area contributed by atoms with Crippen LogP contribution in [0.2, 0.25) is 0 Å². The summed E-state index contributed by atoms with van der Waals surface area (Å²) in [4.78, 5) is 12.5. The van der Waals surface area contributed by atoms with Crippen LogP contribution in [-0.2, 0) is 4.74 Å². The highest BCUT2D eigenvalue weighted by Crippen LogP contribution is 2.27. The third-order valence-corrected chi connectivity index (χ3v) is 3.99. The molecule has 2 aliphatic rings. The lowest BCUT2D eigenvalue weighted by Gasteiger charge is -2.39. The van der Waals surface area contributed by atoms with Crippen molar-refractivity contribution in [3.8, 4) is 5.75 Å². The van der Waals surface area contributed by atoms with E-state index in [-0.39, 0.29) is 11.7 Å². The number of nitrogens with one attached hydrogen (secondary N) is 1. The Bertz CT molecular complexity index is 445. The zero-order chi connectivity index (χ0) is 13.2. The molecule has 4 heteroatoms. The monoisotopic (exact) mass is 261 g/mol. The van der Waals surface area contributed by atoms with Gasteiger partial charge in [0.05, 0.1) is 20.3 Å². The van der Waals surface area contributed by atoms with Crippen molar-refractivity contribution >= 4 is 5.78 Å². The van der Waals surface area contributed by atoms with Gasteiger partial charge in [-0.25, -0.2) is 0 Å². The van der Waals surface area contributed by atoms with Gasteiger partial charge in [0.1, 0.15) is 5.75 Å². The Morgan fingerprint density at radius 2 is 1.84 bits per heavy atom. The fraction of sp³-hybridized carbons (Fsp3) is 0.533. The van der Waals surface area contributed by atoms with Crippen molar-refractivity contribution < 1.29 is 14.3 Å². The molecule has 2 fully saturated rings. The van der Waals surface area contributed by atoms with E-state index >= 15 is 0 Å². The number of piperidine rings is 1. The first kappa shape index (κ1) is 12.6. The van der Waals surface area contributed by atoms with Crippen LogP contribution in [0.25, 0.3) is 0 Å². The van der Waals surface area contributed by atoms with E-state index in [1.807, 2.05) is 24.3 Å². The van der Waals surface area contributed by atoms with Crippen molar-refractivity contribution in [2.75, 3.05) is 20.3 Å². The molecule has 0 spiro atoms. The van der Waals surface area contributed by atoms with E-state index < -0.39 is 0 Å². The van der Waals surface area contributed by atoms with Gasteiger partial charge in [-0.15, -0.1) is 0 Å². The Balaban J connectivity index is 1.72. The molecule has 2 bridgehead atoms. The van der Waals surface area contributed by atoms with Crippen molar-refractivity contribution in [2.24, 2.45) is 5.92 Å². The number of carbonyl (C=O) groups is 1. The molecule has 2 aliphatic heterocycles. The van der Waals surface area contributed by atoms with Gasteiger partial charge in [0.25, 0.3) is 0 Å². The zero-order valence-corrected chi connectivity index (χ0v) is 11.1. The van der Waals surface area contributed by atoms with E-state index in [9.17, 15) is 4.79 Å². The van der Waals surface area contributed by atoms with Crippen LogP contribution in [0, 0.1) is 5.92 Å². The lowest BCUT2D eigenvalue weighted by molar-refractivity contribution is 0.00953. The third-order valence-electron chi connectivity index (χ3n) is 3.99. The highest BCUT2D eigenvalue weighted by molar-refractivity contribution is 5.98. The molecule has 3 rings (SSSR count). The van der Waals surface area contributed by atoms with Crippen molar-refractivity contribution in [1.82, 2.24) is 5.32 Å². The van der Waals surface area contributed by atoms with E-state index in [2.05, 4.69) is 5.32 Å². The Morgan fingerprint density at radius 3 is 2.42 bits per heavy atom. The predicted molar refractivity (Wildman–Crippen MR) is 71.6 cm³/mol. The predicted octanol–water partition coefficient (Wildman–Crippen LogP) is 1.64. The highest BCUT2D eigenvalue weighted by Gasteiger charge is 2.35. The average molecular weight is 261 g/mol. The summed E-state index contributed by atoms with van der Waals surface area (Å²) in [6.45, 7) is 1.45. The van der Waals surface area contributed by atoms with Gasteiger partial charge in [0.15, 0.2) is 5.78 Å².